The Labute approximate surface area is 127 Å². The molecule has 0 saturated heterocycles. The largest absolute Gasteiger partial charge is 0.492 e. The molecule has 2 aromatic heterocycles. The van der Waals surface area contributed by atoms with Crippen molar-refractivity contribution in [3.05, 3.63) is 34.3 Å². The fourth-order valence-corrected chi connectivity index (χ4v) is 3.14. The normalized spacial score (nSPS) is 11.1. The average molecular weight is 302 g/mol. The molecule has 0 atom stereocenters. The van der Waals surface area contributed by atoms with Crippen LogP contribution >= 0.6 is 11.3 Å². The van der Waals surface area contributed by atoms with Crippen LogP contribution in [0.1, 0.15) is 17.6 Å². The number of thiazole rings is 1. The van der Waals surface area contributed by atoms with Crippen molar-refractivity contribution in [3.63, 3.8) is 0 Å². The summed E-state index contributed by atoms with van der Waals surface area (Å²) < 4.78 is 7.63. The molecule has 21 heavy (non-hydrogen) atoms. The maximum atomic E-state index is 6.07. The van der Waals surface area contributed by atoms with Gasteiger partial charge in [-0.25, -0.2) is 9.97 Å². The van der Waals surface area contributed by atoms with Crippen LogP contribution in [0.15, 0.2) is 23.6 Å². The van der Waals surface area contributed by atoms with Crippen LogP contribution in [0.4, 0.5) is 5.95 Å². The monoisotopic (exact) mass is 302 g/mol. The summed E-state index contributed by atoms with van der Waals surface area (Å²) >= 11 is 1.68. The number of ether oxygens (including phenoxy) is 1. The first kappa shape index (κ1) is 13.9. The van der Waals surface area contributed by atoms with Gasteiger partial charge in [0.1, 0.15) is 11.3 Å². The fraction of sp³-hybridized carbons (Fsp3) is 0.333. The van der Waals surface area contributed by atoms with Crippen molar-refractivity contribution < 1.29 is 4.74 Å². The number of imidazole rings is 1. The van der Waals surface area contributed by atoms with Gasteiger partial charge < -0.3 is 15.0 Å². The minimum Gasteiger partial charge on any atom is -0.492 e. The molecule has 0 aliphatic carbocycles. The molecule has 0 fully saturated rings. The third-order valence-corrected chi connectivity index (χ3v) is 4.31. The Morgan fingerprint density at radius 1 is 1.33 bits per heavy atom. The summed E-state index contributed by atoms with van der Waals surface area (Å²) in [6, 6.07) is 5.92. The van der Waals surface area contributed by atoms with Crippen LogP contribution in [0, 0.1) is 6.92 Å². The number of fused-ring (bicyclic) bond motifs is 1. The molecule has 0 radical (unpaired) electrons. The second-order valence-electron chi connectivity index (χ2n) is 4.81. The number of benzene rings is 1. The average Bonchev–Trinajstić information content (AvgIpc) is 3.01. The number of hydrogen-bond acceptors (Lipinski definition) is 5. The lowest BCUT2D eigenvalue weighted by atomic mass is 10.3. The first-order valence-electron chi connectivity index (χ1n) is 6.97. The fourth-order valence-electron chi connectivity index (χ4n) is 2.37. The summed E-state index contributed by atoms with van der Waals surface area (Å²) in [5.74, 6) is 1.30. The molecule has 0 bridgehead atoms. The lowest BCUT2D eigenvalue weighted by molar-refractivity contribution is 0.343. The van der Waals surface area contributed by atoms with E-state index in [2.05, 4.69) is 15.3 Å². The first-order chi connectivity index (χ1) is 10.2. The highest BCUT2D eigenvalue weighted by atomic mass is 32.1. The lowest BCUT2D eigenvalue weighted by Crippen LogP contribution is -2.05. The predicted molar refractivity (Wildman–Crippen MR) is 85.9 cm³/mol. The van der Waals surface area contributed by atoms with Crippen molar-refractivity contribution in [2.24, 2.45) is 0 Å². The summed E-state index contributed by atoms with van der Waals surface area (Å²) in [5.41, 5.74) is 8.97. The molecule has 110 valence electrons. The van der Waals surface area contributed by atoms with Gasteiger partial charge in [-0.05, 0) is 26.0 Å². The van der Waals surface area contributed by atoms with E-state index in [1.54, 1.807) is 11.3 Å². The molecular formula is C15H18N4OS. The summed E-state index contributed by atoms with van der Waals surface area (Å²) in [7, 11) is 0. The van der Waals surface area contributed by atoms with E-state index in [-0.39, 0.29) is 0 Å². The first-order valence-corrected chi connectivity index (χ1v) is 7.85. The van der Waals surface area contributed by atoms with Crippen molar-refractivity contribution in [1.82, 2.24) is 14.5 Å². The van der Waals surface area contributed by atoms with Crippen LogP contribution in [0.5, 0.6) is 5.75 Å². The van der Waals surface area contributed by atoms with Gasteiger partial charge in [-0.1, -0.05) is 6.07 Å². The number of rotatable bonds is 5. The molecule has 0 amide bonds. The number of para-hydroxylation sites is 1. The van der Waals surface area contributed by atoms with E-state index in [9.17, 15) is 0 Å². The van der Waals surface area contributed by atoms with Gasteiger partial charge in [0.25, 0.3) is 0 Å². The topological polar surface area (TPSA) is 66.0 Å². The van der Waals surface area contributed by atoms with Crippen LogP contribution < -0.4 is 10.5 Å². The van der Waals surface area contributed by atoms with E-state index >= 15 is 0 Å². The van der Waals surface area contributed by atoms with Gasteiger partial charge in [-0.2, -0.15) is 0 Å². The van der Waals surface area contributed by atoms with E-state index in [4.69, 9.17) is 10.5 Å². The van der Waals surface area contributed by atoms with E-state index in [0.29, 0.717) is 12.6 Å². The van der Waals surface area contributed by atoms with E-state index in [0.717, 1.165) is 40.5 Å². The molecule has 0 aliphatic heterocycles. The third kappa shape index (κ3) is 2.71. The Morgan fingerprint density at radius 2 is 2.19 bits per heavy atom. The number of nitrogens with two attached hydrogens (primary N) is 1. The second-order valence-corrected chi connectivity index (χ2v) is 5.75. The molecule has 0 unspecified atom stereocenters. The quantitative estimate of drug-likeness (QED) is 0.786. The molecule has 3 aromatic rings. The van der Waals surface area contributed by atoms with Gasteiger partial charge in [0.2, 0.25) is 5.95 Å². The Morgan fingerprint density at radius 3 is 2.90 bits per heavy atom. The Balaban J connectivity index is 1.91. The Kier molecular flexibility index (Phi) is 3.79. The van der Waals surface area contributed by atoms with Gasteiger partial charge in [0.15, 0.2) is 0 Å². The highest BCUT2D eigenvalue weighted by Gasteiger charge is 2.12. The van der Waals surface area contributed by atoms with Crippen LogP contribution in [0.3, 0.4) is 0 Å². The minimum atomic E-state index is 0.519. The Hall–Kier alpha value is -2.08. The maximum absolute atomic E-state index is 6.07. The highest BCUT2D eigenvalue weighted by Crippen LogP contribution is 2.27. The number of aromatic nitrogens is 3. The number of anilines is 1. The SMILES string of the molecule is CCOc1cccc2c1nc(N)n2CCc1nc(C)cs1. The number of nitrogen functional groups attached to an aromatic ring is 1. The maximum Gasteiger partial charge on any atom is 0.201 e. The zero-order valence-electron chi connectivity index (χ0n) is 12.2. The number of aryl methyl sites for hydroxylation is 3. The molecule has 0 spiro atoms. The summed E-state index contributed by atoms with van der Waals surface area (Å²) in [6.45, 7) is 5.36. The predicted octanol–water partition coefficient (Wildman–Crippen LogP) is 3.02. The summed E-state index contributed by atoms with van der Waals surface area (Å²) in [5, 5.41) is 3.19. The van der Waals surface area contributed by atoms with Crippen molar-refractivity contribution >= 4 is 28.3 Å². The summed E-state index contributed by atoms with van der Waals surface area (Å²) in [6.07, 6.45) is 0.854. The second kappa shape index (κ2) is 5.73. The van der Waals surface area contributed by atoms with Gasteiger partial charge >= 0.3 is 0 Å². The van der Waals surface area contributed by atoms with E-state index in [1.807, 2.05) is 36.6 Å². The molecule has 6 heteroatoms. The van der Waals surface area contributed by atoms with Crippen molar-refractivity contribution in [2.45, 2.75) is 26.8 Å². The molecule has 2 N–H and O–H groups in total. The van der Waals surface area contributed by atoms with Crippen LogP contribution in [0.25, 0.3) is 11.0 Å². The molecule has 0 saturated carbocycles. The smallest absolute Gasteiger partial charge is 0.201 e. The molecular weight excluding hydrogens is 284 g/mol. The number of nitrogens with zero attached hydrogens (tertiary/aromatic N) is 3. The van der Waals surface area contributed by atoms with Gasteiger partial charge in [0, 0.05) is 24.0 Å². The van der Waals surface area contributed by atoms with Crippen molar-refractivity contribution in [2.75, 3.05) is 12.3 Å². The summed E-state index contributed by atoms with van der Waals surface area (Å²) in [4.78, 5) is 8.93. The van der Waals surface area contributed by atoms with E-state index in [1.165, 1.54) is 0 Å². The highest BCUT2D eigenvalue weighted by molar-refractivity contribution is 7.09. The molecule has 0 aliphatic rings. The van der Waals surface area contributed by atoms with Crippen molar-refractivity contribution in [3.8, 4) is 5.75 Å². The van der Waals surface area contributed by atoms with Crippen LogP contribution in [0.2, 0.25) is 0 Å². The van der Waals surface area contributed by atoms with E-state index < -0.39 is 0 Å². The van der Waals surface area contributed by atoms with Crippen molar-refractivity contribution in [1.29, 1.82) is 0 Å². The minimum absolute atomic E-state index is 0.519. The van der Waals surface area contributed by atoms with Gasteiger partial charge in [-0.15, -0.1) is 11.3 Å². The zero-order valence-corrected chi connectivity index (χ0v) is 13.0. The molecule has 3 rings (SSSR count). The van der Waals surface area contributed by atoms with Gasteiger partial charge in [-0.3, -0.25) is 0 Å². The standard InChI is InChI=1S/C15H18N4OS/c1-3-20-12-6-4-5-11-14(12)18-15(16)19(11)8-7-13-17-10(2)9-21-13/h4-6,9H,3,7-8H2,1-2H3,(H2,16,18). The molecule has 2 heterocycles. The number of hydrogen-bond donors (Lipinski definition) is 1. The van der Waals surface area contributed by atoms with Gasteiger partial charge in [0.05, 0.1) is 17.1 Å². The Bertz CT molecular complexity index is 762. The third-order valence-electron chi connectivity index (χ3n) is 3.29. The van der Waals surface area contributed by atoms with Crippen LogP contribution in [-0.2, 0) is 13.0 Å². The molecule has 5 nitrogen and oxygen atoms in total. The van der Waals surface area contributed by atoms with Crippen LogP contribution in [-0.4, -0.2) is 21.1 Å². The lowest BCUT2D eigenvalue weighted by Gasteiger charge is -2.06. The molecule has 1 aromatic carbocycles. The zero-order chi connectivity index (χ0) is 14.8.